The summed E-state index contributed by atoms with van der Waals surface area (Å²) in [5, 5.41) is 17.2. The molecule has 0 spiro atoms. The van der Waals surface area contributed by atoms with Crippen molar-refractivity contribution < 1.29 is 19.5 Å². The SMILES string of the molecule is C=CCCNC(=O)[C@H](CC(=O)NC(c1ccccc1)(c1ccccc1)c1ccccc1)NC(=O)O. The zero-order valence-electron chi connectivity index (χ0n) is 19.3. The molecule has 0 aliphatic heterocycles. The number of nitrogens with one attached hydrogen (secondary N) is 3. The average molecular weight is 472 g/mol. The lowest BCUT2D eigenvalue weighted by Gasteiger charge is -2.37. The summed E-state index contributed by atoms with van der Waals surface area (Å²) in [6, 6.07) is 27.3. The minimum atomic E-state index is -1.39. The first-order valence-corrected chi connectivity index (χ1v) is 11.3. The highest BCUT2D eigenvalue weighted by Gasteiger charge is 2.38. The van der Waals surface area contributed by atoms with Gasteiger partial charge >= 0.3 is 6.09 Å². The fourth-order valence-electron chi connectivity index (χ4n) is 4.01. The molecule has 0 unspecified atom stereocenters. The zero-order valence-corrected chi connectivity index (χ0v) is 19.3. The Morgan fingerprint density at radius 1 is 0.829 bits per heavy atom. The summed E-state index contributed by atoms with van der Waals surface area (Å²) in [7, 11) is 0. The molecular weight excluding hydrogens is 442 g/mol. The highest BCUT2D eigenvalue weighted by atomic mass is 16.4. The van der Waals surface area contributed by atoms with Crippen LogP contribution < -0.4 is 16.0 Å². The molecule has 7 nitrogen and oxygen atoms in total. The van der Waals surface area contributed by atoms with Gasteiger partial charge in [0.25, 0.3) is 0 Å². The highest BCUT2D eigenvalue weighted by Crippen LogP contribution is 2.36. The monoisotopic (exact) mass is 471 g/mol. The van der Waals surface area contributed by atoms with Crippen LogP contribution >= 0.6 is 0 Å². The maximum absolute atomic E-state index is 13.5. The van der Waals surface area contributed by atoms with E-state index in [4.69, 9.17) is 0 Å². The number of hydrogen-bond donors (Lipinski definition) is 4. The van der Waals surface area contributed by atoms with Crippen molar-refractivity contribution in [3.8, 4) is 0 Å². The van der Waals surface area contributed by atoms with E-state index in [0.29, 0.717) is 13.0 Å². The van der Waals surface area contributed by atoms with Crippen molar-refractivity contribution in [2.75, 3.05) is 6.54 Å². The van der Waals surface area contributed by atoms with Gasteiger partial charge in [-0.15, -0.1) is 6.58 Å². The molecule has 0 saturated carbocycles. The standard InChI is InChI=1S/C28H29N3O4/c1-2-3-19-29-26(33)24(30-27(34)35)20-25(32)31-28(21-13-7-4-8-14-21,22-15-9-5-10-16-22)23-17-11-6-12-18-23/h2,4-18,24,30H,1,3,19-20H2,(H,29,33)(H,31,32)(H,34,35)/t24-/m0/s1. The topological polar surface area (TPSA) is 108 Å². The van der Waals surface area contributed by atoms with Crippen LogP contribution in [0.25, 0.3) is 0 Å². The summed E-state index contributed by atoms with van der Waals surface area (Å²) in [6.45, 7) is 3.90. The Labute approximate surface area is 204 Å². The van der Waals surface area contributed by atoms with E-state index in [1.54, 1.807) is 6.08 Å². The molecule has 35 heavy (non-hydrogen) atoms. The third kappa shape index (κ3) is 6.35. The van der Waals surface area contributed by atoms with Gasteiger partial charge in [0.05, 0.1) is 6.42 Å². The summed E-state index contributed by atoms with van der Waals surface area (Å²) in [5.41, 5.74) is 1.41. The second-order valence-electron chi connectivity index (χ2n) is 7.97. The number of carbonyl (C=O) groups is 3. The molecule has 180 valence electrons. The molecule has 0 aliphatic rings. The predicted octanol–water partition coefficient (Wildman–Crippen LogP) is 3.81. The number of rotatable bonds is 11. The number of hydrogen-bond acceptors (Lipinski definition) is 3. The predicted molar refractivity (Wildman–Crippen MR) is 135 cm³/mol. The van der Waals surface area contributed by atoms with Crippen LogP contribution in [-0.4, -0.2) is 35.6 Å². The summed E-state index contributed by atoms with van der Waals surface area (Å²) in [4.78, 5) is 37.4. The van der Waals surface area contributed by atoms with E-state index in [1.807, 2.05) is 91.0 Å². The van der Waals surface area contributed by atoms with Crippen LogP contribution in [0.3, 0.4) is 0 Å². The molecule has 0 radical (unpaired) electrons. The summed E-state index contributed by atoms with van der Waals surface area (Å²) in [6.07, 6.45) is 0.403. The normalized spacial score (nSPS) is 11.7. The molecule has 7 heteroatoms. The van der Waals surface area contributed by atoms with Crippen molar-refractivity contribution >= 4 is 17.9 Å². The summed E-state index contributed by atoms with van der Waals surface area (Å²) >= 11 is 0. The van der Waals surface area contributed by atoms with Crippen LogP contribution in [0, 0.1) is 0 Å². The van der Waals surface area contributed by atoms with Crippen molar-refractivity contribution in [2.24, 2.45) is 0 Å². The first kappa shape index (κ1) is 25.2. The largest absolute Gasteiger partial charge is 0.465 e. The Bertz CT molecular complexity index is 1040. The van der Waals surface area contributed by atoms with Gasteiger partial charge in [-0.2, -0.15) is 0 Å². The molecule has 0 heterocycles. The van der Waals surface area contributed by atoms with Gasteiger partial charge in [0, 0.05) is 6.54 Å². The fourth-order valence-corrected chi connectivity index (χ4v) is 4.01. The van der Waals surface area contributed by atoms with Gasteiger partial charge in [-0.05, 0) is 23.1 Å². The van der Waals surface area contributed by atoms with E-state index >= 15 is 0 Å². The van der Waals surface area contributed by atoms with Gasteiger partial charge in [-0.25, -0.2) is 4.79 Å². The molecule has 3 aromatic carbocycles. The molecular formula is C28H29N3O4. The molecule has 0 saturated heterocycles. The molecule has 3 amide bonds. The van der Waals surface area contributed by atoms with Crippen molar-refractivity contribution in [2.45, 2.75) is 24.4 Å². The molecule has 3 rings (SSSR count). The van der Waals surface area contributed by atoms with Crippen LogP contribution in [0.2, 0.25) is 0 Å². The molecule has 0 fully saturated rings. The van der Waals surface area contributed by atoms with Gasteiger partial charge in [-0.1, -0.05) is 97.1 Å². The van der Waals surface area contributed by atoms with Crippen LogP contribution in [0.5, 0.6) is 0 Å². The Kier molecular flexibility index (Phi) is 8.78. The molecule has 1 atom stereocenters. The molecule has 3 aromatic rings. The Balaban J connectivity index is 2.01. The second-order valence-corrected chi connectivity index (χ2v) is 7.97. The van der Waals surface area contributed by atoms with Gasteiger partial charge in [0.15, 0.2) is 0 Å². The quantitative estimate of drug-likeness (QED) is 0.194. The van der Waals surface area contributed by atoms with Crippen LogP contribution in [-0.2, 0) is 15.1 Å². The summed E-state index contributed by atoms with van der Waals surface area (Å²) < 4.78 is 0. The van der Waals surface area contributed by atoms with E-state index in [9.17, 15) is 19.5 Å². The van der Waals surface area contributed by atoms with Crippen molar-refractivity contribution in [1.29, 1.82) is 0 Å². The lowest BCUT2D eigenvalue weighted by Crippen LogP contribution is -2.52. The Hall–Kier alpha value is -4.39. The van der Waals surface area contributed by atoms with Crippen LogP contribution in [0.1, 0.15) is 29.5 Å². The van der Waals surface area contributed by atoms with Crippen LogP contribution in [0.15, 0.2) is 104 Å². The van der Waals surface area contributed by atoms with Gasteiger partial charge in [-0.3, -0.25) is 9.59 Å². The Morgan fingerprint density at radius 3 is 1.69 bits per heavy atom. The lowest BCUT2D eigenvalue weighted by molar-refractivity contribution is -0.128. The molecule has 0 bridgehead atoms. The maximum atomic E-state index is 13.5. The second kappa shape index (κ2) is 12.2. The minimum Gasteiger partial charge on any atom is -0.465 e. The van der Waals surface area contributed by atoms with Crippen molar-refractivity contribution in [3.63, 3.8) is 0 Å². The third-order valence-electron chi connectivity index (χ3n) is 5.60. The van der Waals surface area contributed by atoms with Gasteiger partial charge < -0.3 is 21.1 Å². The third-order valence-corrected chi connectivity index (χ3v) is 5.60. The maximum Gasteiger partial charge on any atom is 0.405 e. The number of carboxylic acid groups (broad SMARTS) is 1. The summed E-state index contributed by atoms with van der Waals surface area (Å²) in [5.74, 6) is -1.06. The average Bonchev–Trinajstić information content (AvgIpc) is 2.88. The zero-order chi connectivity index (χ0) is 25.1. The van der Waals surface area contributed by atoms with Crippen molar-refractivity contribution in [1.82, 2.24) is 16.0 Å². The Morgan fingerprint density at radius 2 is 1.29 bits per heavy atom. The molecule has 0 aromatic heterocycles. The van der Waals surface area contributed by atoms with E-state index in [1.165, 1.54) is 0 Å². The first-order valence-electron chi connectivity index (χ1n) is 11.3. The van der Waals surface area contributed by atoms with E-state index in [2.05, 4.69) is 22.5 Å². The van der Waals surface area contributed by atoms with Gasteiger partial charge in [0.1, 0.15) is 11.6 Å². The minimum absolute atomic E-state index is 0.295. The van der Waals surface area contributed by atoms with Gasteiger partial charge in [0.2, 0.25) is 11.8 Å². The van der Waals surface area contributed by atoms with E-state index < -0.39 is 29.5 Å². The molecule has 0 aliphatic carbocycles. The van der Waals surface area contributed by atoms with Crippen molar-refractivity contribution in [3.05, 3.63) is 120 Å². The van der Waals surface area contributed by atoms with E-state index in [0.717, 1.165) is 16.7 Å². The van der Waals surface area contributed by atoms with Crippen LogP contribution in [0.4, 0.5) is 4.79 Å². The number of amides is 3. The first-order chi connectivity index (χ1) is 17.0. The number of benzene rings is 3. The van der Waals surface area contributed by atoms with E-state index in [-0.39, 0.29) is 6.42 Å². The lowest BCUT2D eigenvalue weighted by atomic mass is 9.77. The highest BCUT2D eigenvalue weighted by molar-refractivity contribution is 5.91. The number of carbonyl (C=O) groups excluding carboxylic acids is 2. The molecule has 4 N–H and O–H groups in total. The fraction of sp³-hybridized carbons (Fsp3) is 0.179. The smallest absolute Gasteiger partial charge is 0.405 e.